The molecule has 3 aliphatic heterocycles. The number of piperazine rings is 1. The lowest BCUT2D eigenvalue weighted by Gasteiger charge is -2.58. The molecule has 5 rings (SSSR count). The standard InChI is InChI=1S/C16H20F3N3/c17-14-2-1-3-20-15(14)10-21-8-12-4-13(9-21)22(12)7-11-5-16(18,19)6-11/h1-3,11-13H,4-10H2. The maximum absolute atomic E-state index is 13.7. The maximum Gasteiger partial charge on any atom is 0.248 e. The molecule has 2 unspecified atom stereocenters. The van der Waals surface area contributed by atoms with Gasteiger partial charge in [0, 0.05) is 57.3 Å². The first-order chi connectivity index (χ1) is 10.5. The number of fused-ring (bicyclic) bond motifs is 2. The Labute approximate surface area is 128 Å². The van der Waals surface area contributed by atoms with Crippen LogP contribution in [0.1, 0.15) is 25.0 Å². The Balaban J connectivity index is 1.30. The average Bonchev–Trinajstić information content (AvgIpc) is 2.45. The highest BCUT2D eigenvalue weighted by molar-refractivity contribution is 5.09. The smallest absolute Gasteiger partial charge is 0.248 e. The van der Waals surface area contributed by atoms with Crippen LogP contribution in [0.2, 0.25) is 0 Å². The first-order valence-corrected chi connectivity index (χ1v) is 7.95. The molecule has 120 valence electrons. The van der Waals surface area contributed by atoms with Crippen molar-refractivity contribution >= 4 is 0 Å². The van der Waals surface area contributed by atoms with Gasteiger partial charge in [0.15, 0.2) is 0 Å². The number of piperidine rings is 1. The Morgan fingerprint density at radius 3 is 2.59 bits per heavy atom. The molecule has 3 saturated heterocycles. The average molecular weight is 311 g/mol. The highest BCUT2D eigenvalue weighted by atomic mass is 19.3. The molecule has 1 aromatic rings. The van der Waals surface area contributed by atoms with Gasteiger partial charge >= 0.3 is 0 Å². The Bertz CT molecular complexity index is 545. The molecule has 0 aromatic carbocycles. The van der Waals surface area contributed by atoms with Gasteiger partial charge in [-0.25, -0.2) is 13.2 Å². The van der Waals surface area contributed by atoms with E-state index in [0.717, 1.165) is 26.1 Å². The largest absolute Gasteiger partial charge is 0.294 e. The molecule has 22 heavy (non-hydrogen) atoms. The van der Waals surface area contributed by atoms with E-state index in [1.54, 1.807) is 12.3 Å². The van der Waals surface area contributed by atoms with E-state index in [4.69, 9.17) is 0 Å². The monoisotopic (exact) mass is 311 g/mol. The summed E-state index contributed by atoms with van der Waals surface area (Å²) >= 11 is 0. The van der Waals surface area contributed by atoms with Gasteiger partial charge in [-0.15, -0.1) is 0 Å². The van der Waals surface area contributed by atoms with Gasteiger partial charge in [-0.1, -0.05) is 0 Å². The minimum atomic E-state index is -2.42. The minimum absolute atomic E-state index is 0.0474. The number of halogens is 3. The fourth-order valence-corrected chi connectivity index (χ4v) is 4.16. The Morgan fingerprint density at radius 2 is 1.95 bits per heavy atom. The van der Waals surface area contributed by atoms with Crippen molar-refractivity contribution in [1.82, 2.24) is 14.8 Å². The molecule has 2 atom stereocenters. The number of nitrogens with zero attached hydrogens (tertiary/aromatic N) is 3. The van der Waals surface area contributed by atoms with Gasteiger partial charge in [0.2, 0.25) is 5.92 Å². The molecule has 6 heteroatoms. The minimum Gasteiger partial charge on any atom is -0.294 e. The van der Waals surface area contributed by atoms with Crippen LogP contribution in [-0.4, -0.2) is 52.4 Å². The van der Waals surface area contributed by atoms with Crippen LogP contribution < -0.4 is 0 Å². The van der Waals surface area contributed by atoms with Gasteiger partial charge in [-0.3, -0.25) is 14.8 Å². The predicted octanol–water partition coefficient (Wildman–Crippen LogP) is 2.52. The van der Waals surface area contributed by atoms with Crippen molar-refractivity contribution in [1.29, 1.82) is 0 Å². The van der Waals surface area contributed by atoms with Crippen LogP contribution in [0.15, 0.2) is 18.3 Å². The van der Waals surface area contributed by atoms with E-state index in [2.05, 4.69) is 14.8 Å². The summed E-state index contributed by atoms with van der Waals surface area (Å²) in [5.74, 6) is -2.52. The summed E-state index contributed by atoms with van der Waals surface area (Å²) < 4.78 is 39.5. The van der Waals surface area contributed by atoms with Crippen molar-refractivity contribution in [3.63, 3.8) is 0 Å². The quantitative estimate of drug-likeness (QED) is 0.852. The highest BCUT2D eigenvalue weighted by Gasteiger charge is 2.50. The van der Waals surface area contributed by atoms with E-state index in [-0.39, 0.29) is 24.6 Å². The second-order valence-corrected chi connectivity index (χ2v) is 7.00. The van der Waals surface area contributed by atoms with Crippen LogP contribution in [0, 0.1) is 11.7 Å². The third-order valence-corrected chi connectivity index (χ3v) is 5.27. The molecule has 4 aliphatic rings. The van der Waals surface area contributed by atoms with Gasteiger partial charge in [0.25, 0.3) is 0 Å². The fraction of sp³-hybridized carbons (Fsp3) is 0.688. The zero-order valence-corrected chi connectivity index (χ0v) is 12.4. The van der Waals surface area contributed by atoms with E-state index in [1.807, 2.05) is 0 Å². The lowest BCUT2D eigenvalue weighted by molar-refractivity contribution is -0.144. The molecule has 0 amide bonds. The number of aromatic nitrogens is 1. The Morgan fingerprint density at radius 1 is 1.23 bits per heavy atom. The van der Waals surface area contributed by atoms with Gasteiger partial charge in [-0.2, -0.15) is 0 Å². The van der Waals surface area contributed by atoms with Crippen LogP contribution in [-0.2, 0) is 6.54 Å². The summed E-state index contributed by atoms with van der Waals surface area (Å²) in [5, 5.41) is 0. The van der Waals surface area contributed by atoms with Gasteiger partial charge < -0.3 is 0 Å². The van der Waals surface area contributed by atoms with E-state index in [1.165, 1.54) is 6.07 Å². The number of hydrogen-bond acceptors (Lipinski definition) is 3. The topological polar surface area (TPSA) is 19.4 Å². The van der Waals surface area contributed by atoms with Crippen molar-refractivity contribution in [2.75, 3.05) is 19.6 Å². The van der Waals surface area contributed by atoms with Crippen LogP contribution in [0.3, 0.4) is 0 Å². The molecule has 0 radical (unpaired) electrons. The fourth-order valence-electron chi connectivity index (χ4n) is 4.16. The summed E-state index contributed by atoms with van der Waals surface area (Å²) in [7, 11) is 0. The Kier molecular flexibility index (Phi) is 3.42. The first kappa shape index (κ1) is 14.5. The molecule has 3 nitrogen and oxygen atoms in total. The lowest BCUT2D eigenvalue weighted by Crippen LogP contribution is -2.69. The lowest BCUT2D eigenvalue weighted by atomic mass is 9.78. The molecule has 1 saturated carbocycles. The molecule has 0 spiro atoms. The van der Waals surface area contributed by atoms with Crippen molar-refractivity contribution < 1.29 is 13.2 Å². The zero-order chi connectivity index (χ0) is 15.3. The molecule has 1 aromatic heterocycles. The Hall–Kier alpha value is -1.14. The summed E-state index contributed by atoms with van der Waals surface area (Å²) in [5.41, 5.74) is 0.494. The first-order valence-electron chi connectivity index (χ1n) is 7.95. The second-order valence-electron chi connectivity index (χ2n) is 7.00. The third kappa shape index (κ3) is 2.63. The third-order valence-electron chi connectivity index (χ3n) is 5.27. The van der Waals surface area contributed by atoms with E-state index >= 15 is 0 Å². The SMILES string of the molecule is Fc1cccnc1CN1CC2CC(C1)N2CC1CC(F)(F)C1. The van der Waals surface area contributed by atoms with Gasteiger partial charge in [-0.05, 0) is 24.5 Å². The number of hydrogen-bond donors (Lipinski definition) is 0. The summed E-state index contributed by atoms with van der Waals surface area (Å²) in [6, 6.07) is 3.93. The summed E-state index contributed by atoms with van der Waals surface area (Å²) in [6.45, 7) is 3.11. The van der Waals surface area contributed by atoms with Crippen LogP contribution in [0.5, 0.6) is 0 Å². The van der Waals surface area contributed by atoms with Gasteiger partial charge in [0.1, 0.15) is 5.82 Å². The predicted molar refractivity (Wildman–Crippen MR) is 76.0 cm³/mol. The molecule has 0 N–H and O–H groups in total. The second kappa shape index (κ2) is 5.20. The van der Waals surface area contributed by atoms with Crippen molar-refractivity contribution in [2.45, 2.75) is 43.8 Å². The summed E-state index contributed by atoms with van der Waals surface area (Å²) in [4.78, 5) is 8.72. The summed E-state index contributed by atoms with van der Waals surface area (Å²) in [6.07, 6.45) is 2.86. The number of rotatable bonds is 4. The van der Waals surface area contributed by atoms with Crippen molar-refractivity contribution in [3.8, 4) is 0 Å². The van der Waals surface area contributed by atoms with Crippen LogP contribution >= 0.6 is 0 Å². The molecular formula is C16H20F3N3. The molecule has 4 fully saturated rings. The van der Waals surface area contributed by atoms with Crippen LogP contribution in [0.25, 0.3) is 0 Å². The van der Waals surface area contributed by atoms with E-state index in [0.29, 0.717) is 24.3 Å². The van der Waals surface area contributed by atoms with E-state index < -0.39 is 5.92 Å². The molecule has 1 aliphatic carbocycles. The maximum atomic E-state index is 13.7. The normalized spacial score (nSPS) is 31.6. The molecule has 4 heterocycles. The number of alkyl halides is 2. The number of pyridine rings is 1. The molecular weight excluding hydrogens is 291 g/mol. The zero-order valence-electron chi connectivity index (χ0n) is 12.4. The molecule has 2 bridgehead atoms. The van der Waals surface area contributed by atoms with Crippen molar-refractivity contribution in [2.24, 2.45) is 5.92 Å². The van der Waals surface area contributed by atoms with E-state index in [9.17, 15) is 13.2 Å². The van der Waals surface area contributed by atoms with Crippen molar-refractivity contribution in [3.05, 3.63) is 29.8 Å². The van der Waals surface area contributed by atoms with Gasteiger partial charge in [0.05, 0.1) is 5.69 Å². The van der Waals surface area contributed by atoms with Crippen LogP contribution in [0.4, 0.5) is 13.2 Å². The highest BCUT2D eigenvalue weighted by Crippen LogP contribution is 2.45.